The Morgan fingerprint density at radius 1 is 0.366 bits per heavy atom. The summed E-state index contributed by atoms with van der Waals surface area (Å²) in [6.07, 6.45) is -4.68. The fourth-order valence-corrected chi connectivity index (χ4v) is 11.6. The first kappa shape index (κ1) is 40.7. The standard InChI is InChI=1S/C63H38F3N5/c1-38-15-14-22-51(63(64,65)66)62(38)50-36-60(70-56-27-12-6-20-46(56)48-34-40(29-31-58(48)70)68-52-23-8-2-16-42(52)43-17-3-9-24-53(43)68)39(37-67)33-61(50)71-57-28-13-7-21-47(57)49-35-41(30-32-59(49)71)69-54-25-10-4-18-44(54)45-19-5-11-26-55(45)69/h2-36H,1H3. The number of aromatic nitrogens is 4. The fourth-order valence-electron chi connectivity index (χ4n) is 11.6. The maximum atomic E-state index is 15.5. The Hall–Kier alpha value is -9.32. The maximum Gasteiger partial charge on any atom is 0.417 e. The SMILES string of the molecule is Cc1cccc(C(F)(F)F)c1-c1cc(-n2c3ccccc3c3cc(-n4c5ccccc5c5ccccc54)ccc32)c(C#N)cc1-n1c2ccccc2c2cc(-n3c4ccccc4c4ccccc43)ccc21. The van der Waals surface area contributed by atoms with E-state index in [0.29, 0.717) is 28.1 Å². The van der Waals surface area contributed by atoms with Crippen molar-refractivity contribution in [3.8, 4) is 39.9 Å². The van der Waals surface area contributed by atoms with Crippen molar-refractivity contribution in [2.24, 2.45) is 0 Å². The third-order valence-corrected chi connectivity index (χ3v) is 14.6. The molecule has 0 saturated carbocycles. The number of nitriles is 1. The lowest BCUT2D eigenvalue weighted by molar-refractivity contribution is -0.137. The van der Waals surface area contributed by atoms with Crippen molar-refractivity contribution in [3.05, 3.63) is 229 Å². The number of hydrogen-bond donors (Lipinski definition) is 0. The first-order valence-corrected chi connectivity index (χ1v) is 23.6. The molecule has 0 aliphatic carbocycles. The summed E-state index contributed by atoms with van der Waals surface area (Å²) in [7, 11) is 0. The zero-order chi connectivity index (χ0) is 47.7. The van der Waals surface area contributed by atoms with Gasteiger partial charge < -0.3 is 18.3 Å². The summed E-state index contributed by atoms with van der Waals surface area (Å²) < 4.78 is 55.2. The average molecular weight is 922 g/mol. The largest absolute Gasteiger partial charge is 0.417 e. The minimum absolute atomic E-state index is 0.0583. The lowest BCUT2D eigenvalue weighted by atomic mass is 9.91. The number of nitrogens with zero attached hydrogens (tertiary/aromatic N) is 5. The molecule has 336 valence electrons. The summed E-state index contributed by atoms with van der Waals surface area (Å²) in [4.78, 5) is 0. The lowest BCUT2D eigenvalue weighted by Gasteiger charge is -2.22. The molecule has 4 aromatic heterocycles. The number of benzene rings is 10. The van der Waals surface area contributed by atoms with Crippen LogP contribution in [0.1, 0.15) is 16.7 Å². The fraction of sp³-hybridized carbons (Fsp3) is 0.0317. The second-order valence-corrected chi connectivity index (χ2v) is 18.3. The van der Waals surface area contributed by atoms with Crippen LogP contribution < -0.4 is 0 Å². The molecule has 14 rings (SSSR count). The Morgan fingerprint density at radius 2 is 0.732 bits per heavy atom. The number of alkyl halides is 3. The van der Waals surface area contributed by atoms with E-state index in [9.17, 15) is 5.26 Å². The van der Waals surface area contributed by atoms with E-state index >= 15 is 13.2 Å². The van der Waals surface area contributed by atoms with Crippen LogP contribution in [0.5, 0.6) is 0 Å². The van der Waals surface area contributed by atoms with E-state index in [2.05, 4.69) is 149 Å². The highest BCUT2D eigenvalue weighted by molar-refractivity contribution is 6.14. The van der Waals surface area contributed by atoms with Crippen LogP contribution in [0.4, 0.5) is 13.2 Å². The van der Waals surface area contributed by atoms with Crippen LogP contribution in [0.2, 0.25) is 0 Å². The summed E-state index contributed by atoms with van der Waals surface area (Å²) in [5.41, 5.74) is 10.9. The van der Waals surface area contributed by atoms with Gasteiger partial charge in [0.25, 0.3) is 0 Å². The molecule has 71 heavy (non-hydrogen) atoms. The van der Waals surface area contributed by atoms with Crippen LogP contribution in [0.25, 0.3) is 121 Å². The Bertz CT molecular complexity index is 4500. The van der Waals surface area contributed by atoms with Crippen LogP contribution in [0.3, 0.4) is 0 Å². The van der Waals surface area contributed by atoms with Crippen LogP contribution in [0.15, 0.2) is 212 Å². The summed E-state index contributed by atoms with van der Waals surface area (Å²) in [5.74, 6) is 0. The topological polar surface area (TPSA) is 43.5 Å². The second-order valence-electron chi connectivity index (χ2n) is 18.3. The predicted molar refractivity (Wildman–Crippen MR) is 284 cm³/mol. The number of halogens is 3. The van der Waals surface area contributed by atoms with Gasteiger partial charge in [0, 0.05) is 60.0 Å². The Morgan fingerprint density at radius 3 is 1.14 bits per heavy atom. The smallest absolute Gasteiger partial charge is 0.309 e. The van der Waals surface area contributed by atoms with E-state index in [0.717, 1.165) is 105 Å². The molecular formula is C63H38F3N5. The molecule has 0 atom stereocenters. The van der Waals surface area contributed by atoms with Crippen molar-refractivity contribution < 1.29 is 13.2 Å². The van der Waals surface area contributed by atoms with Crippen molar-refractivity contribution in [2.75, 3.05) is 0 Å². The van der Waals surface area contributed by atoms with E-state index in [4.69, 9.17) is 0 Å². The molecule has 10 aromatic carbocycles. The molecule has 0 N–H and O–H groups in total. The molecule has 5 nitrogen and oxygen atoms in total. The summed E-state index contributed by atoms with van der Waals surface area (Å²) in [5, 5.41) is 19.7. The third-order valence-electron chi connectivity index (χ3n) is 14.6. The zero-order valence-electron chi connectivity index (χ0n) is 38.1. The minimum atomic E-state index is -4.68. The molecule has 14 aromatic rings. The van der Waals surface area contributed by atoms with E-state index in [-0.39, 0.29) is 5.56 Å². The average Bonchev–Trinajstić information content (AvgIpc) is 4.13. The number of rotatable bonds is 5. The normalized spacial score (nSPS) is 12.2. The van der Waals surface area contributed by atoms with E-state index in [1.807, 2.05) is 63.7 Å². The van der Waals surface area contributed by atoms with Crippen molar-refractivity contribution in [1.29, 1.82) is 5.26 Å². The quantitative estimate of drug-likeness (QED) is 0.170. The monoisotopic (exact) mass is 921 g/mol. The molecule has 0 aliphatic heterocycles. The Labute approximate surface area is 404 Å². The van der Waals surface area contributed by atoms with Gasteiger partial charge in [-0.2, -0.15) is 18.4 Å². The molecule has 8 heteroatoms. The predicted octanol–water partition coefficient (Wildman–Crippen LogP) is 16.9. The summed E-state index contributed by atoms with van der Waals surface area (Å²) in [6.45, 7) is 1.73. The third kappa shape index (κ3) is 5.87. The number of fused-ring (bicyclic) bond motifs is 12. The molecule has 0 amide bonds. The van der Waals surface area contributed by atoms with E-state index < -0.39 is 11.7 Å². The summed E-state index contributed by atoms with van der Waals surface area (Å²) in [6, 6.07) is 72.7. The number of hydrogen-bond acceptors (Lipinski definition) is 1. The molecule has 0 radical (unpaired) electrons. The van der Waals surface area contributed by atoms with Crippen LogP contribution in [0, 0.1) is 18.3 Å². The van der Waals surface area contributed by atoms with Crippen LogP contribution in [-0.2, 0) is 6.18 Å². The molecule has 4 heterocycles. The Kier molecular flexibility index (Phi) is 8.65. The summed E-state index contributed by atoms with van der Waals surface area (Å²) >= 11 is 0. The van der Waals surface area contributed by atoms with Gasteiger partial charge in [-0.15, -0.1) is 0 Å². The zero-order valence-corrected chi connectivity index (χ0v) is 38.1. The van der Waals surface area contributed by atoms with E-state index in [1.54, 1.807) is 19.1 Å². The van der Waals surface area contributed by atoms with Gasteiger partial charge in [0.2, 0.25) is 0 Å². The number of para-hydroxylation sites is 6. The van der Waals surface area contributed by atoms with E-state index in [1.165, 1.54) is 6.07 Å². The van der Waals surface area contributed by atoms with Gasteiger partial charge in [0.1, 0.15) is 6.07 Å². The van der Waals surface area contributed by atoms with Crippen molar-refractivity contribution >= 4 is 87.2 Å². The second kappa shape index (κ2) is 15.1. The first-order chi connectivity index (χ1) is 34.8. The van der Waals surface area contributed by atoms with Gasteiger partial charge in [-0.3, -0.25) is 0 Å². The highest BCUT2D eigenvalue weighted by Crippen LogP contribution is 2.46. The van der Waals surface area contributed by atoms with Crippen molar-refractivity contribution in [2.45, 2.75) is 13.1 Å². The van der Waals surface area contributed by atoms with Crippen molar-refractivity contribution in [3.63, 3.8) is 0 Å². The molecular weight excluding hydrogens is 884 g/mol. The van der Waals surface area contributed by atoms with Gasteiger partial charge in [0.05, 0.1) is 66.6 Å². The van der Waals surface area contributed by atoms with Gasteiger partial charge in [-0.1, -0.05) is 121 Å². The van der Waals surface area contributed by atoms with Gasteiger partial charge in [0.15, 0.2) is 0 Å². The molecule has 0 unspecified atom stereocenters. The lowest BCUT2D eigenvalue weighted by Crippen LogP contribution is -2.10. The molecule has 0 aliphatic rings. The van der Waals surface area contributed by atoms with Gasteiger partial charge in [-0.05, 0) is 109 Å². The molecule has 0 fully saturated rings. The highest BCUT2D eigenvalue weighted by Gasteiger charge is 2.36. The maximum absolute atomic E-state index is 15.5. The van der Waals surface area contributed by atoms with Gasteiger partial charge in [-0.25, -0.2) is 0 Å². The molecule has 0 saturated heterocycles. The molecule has 0 spiro atoms. The van der Waals surface area contributed by atoms with Crippen molar-refractivity contribution in [1.82, 2.24) is 18.3 Å². The Balaban J connectivity index is 1.05. The van der Waals surface area contributed by atoms with Gasteiger partial charge >= 0.3 is 6.18 Å². The van der Waals surface area contributed by atoms with Crippen LogP contribution >= 0.6 is 0 Å². The highest BCUT2D eigenvalue weighted by atomic mass is 19.4. The number of aryl methyl sites for hydroxylation is 1. The van der Waals surface area contributed by atoms with Crippen LogP contribution in [-0.4, -0.2) is 18.3 Å². The first-order valence-electron chi connectivity index (χ1n) is 23.6. The minimum Gasteiger partial charge on any atom is -0.309 e. The molecule has 0 bridgehead atoms.